The number of benzene rings is 3. The second-order valence-corrected chi connectivity index (χ2v) is 20.4. The quantitative estimate of drug-likeness (QED) is 0.0799. The maximum absolute atomic E-state index is 14.5. The van der Waals surface area contributed by atoms with Crippen LogP contribution in [0, 0.1) is 0 Å². The average Bonchev–Trinajstić information content (AvgIpc) is 3.13. The molecule has 0 spiro atoms. The Hall–Kier alpha value is -6.98. The highest BCUT2D eigenvalue weighted by Crippen LogP contribution is 2.44. The van der Waals surface area contributed by atoms with E-state index >= 15 is 0 Å². The van der Waals surface area contributed by atoms with E-state index < -0.39 is 94.2 Å². The SMILES string of the molecule is C=CCc1c(OC(=O)OC(C)(C)C)cc([C@H]2Oc3ccccc3C[C@H]2OC(=O)c2cc(OC(=O)OC(C)(C)C)c(OC(=O)OC(C)(C)C)c(OC(=O)OC(C)(C)C)c2)cc1OC(=O)OC(C)(C)C. The van der Waals surface area contributed by atoms with Gasteiger partial charge in [-0.25, -0.2) is 28.8 Å². The zero-order valence-electron chi connectivity index (χ0n) is 41.3. The van der Waals surface area contributed by atoms with Crippen LogP contribution in [0.2, 0.25) is 0 Å². The summed E-state index contributed by atoms with van der Waals surface area (Å²) in [4.78, 5) is 80.3. The number of carbonyl (C=O) groups is 6. The number of rotatable bonds is 10. The number of carbonyl (C=O) groups excluding carboxylic acids is 6. The van der Waals surface area contributed by atoms with Gasteiger partial charge < -0.3 is 56.8 Å². The van der Waals surface area contributed by atoms with Crippen molar-refractivity contribution >= 4 is 36.7 Å². The Kier molecular flexibility index (Phi) is 16.5. The summed E-state index contributed by atoms with van der Waals surface area (Å²) >= 11 is 0. The molecule has 3 aromatic rings. The molecular weight excluding hydrogens is 889 g/mol. The average molecular weight is 951 g/mol. The molecule has 0 amide bonds. The Bertz CT molecular complexity index is 2280. The molecule has 0 saturated carbocycles. The topological polar surface area (TPSA) is 213 Å². The van der Waals surface area contributed by atoms with Crippen LogP contribution in [0.5, 0.6) is 34.5 Å². The van der Waals surface area contributed by atoms with E-state index in [1.807, 2.05) is 0 Å². The minimum absolute atomic E-state index is 0.0356. The number of esters is 1. The highest BCUT2D eigenvalue weighted by Gasteiger charge is 2.38. The lowest BCUT2D eigenvalue weighted by molar-refractivity contribution is -0.0185. The number of hydrogen-bond acceptors (Lipinski definition) is 18. The van der Waals surface area contributed by atoms with Gasteiger partial charge in [-0.05, 0) is 146 Å². The van der Waals surface area contributed by atoms with Crippen LogP contribution in [-0.2, 0) is 41.3 Å². The molecule has 4 rings (SSSR count). The van der Waals surface area contributed by atoms with E-state index in [1.165, 1.54) is 18.2 Å². The number of fused-ring (bicyclic) bond motifs is 1. The zero-order valence-corrected chi connectivity index (χ0v) is 41.3. The molecule has 18 nitrogen and oxygen atoms in total. The molecule has 68 heavy (non-hydrogen) atoms. The van der Waals surface area contributed by atoms with Gasteiger partial charge in [0.05, 0.1) is 5.56 Å². The Morgan fingerprint density at radius 2 is 0.941 bits per heavy atom. The lowest BCUT2D eigenvalue weighted by Crippen LogP contribution is -2.35. The summed E-state index contributed by atoms with van der Waals surface area (Å²) in [5.74, 6) is -2.78. The van der Waals surface area contributed by atoms with Crippen molar-refractivity contribution in [1.82, 2.24) is 0 Å². The third-order valence-corrected chi connectivity index (χ3v) is 8.27. The van der Waals surface area contributed by atoms with E-state index in [9.17, 15) is 28.8 Å². The maximum Gasteiger partial charge on any atom is 0.514 e. The molecule has 0 unspecified atom stereocenters. The van der Waals surface area contributed by atoms with Gasteiger partial charge in [-0.15, -0.1) is 6.58 Å². The van der Waals surface area contributed by atoms with Crippen LogP contribution in [0.15, 0.2) is 61.2 Å². The van der Waals surface area contributed by atoms with Crippen LogP contribution >= 0.6 is 0 Å². The summed E-state index contributed by atoms with van der Waals surface area (Å²) in [6.07, 6.45) is -6.86. The van der Waals surface area contributed by atoms with E-state index in [1.54, 1.807) is 128 Å². The highest BCUT2D eigenvalue weighted by atomic mass is 16.8. The fourth-order valence-corrected chi connectivity index (χ4v) is 5.99. The first kappa shape index (κ1) is 53.6. The largest absolute Gasteiger partial charge is 0.514 e. The van der Waals surface area contributed by atoms with Crippen LogP contribution in [0.4, 0.5) is 24.0 Å². The third kappa shape index (κ3) is 17.0. The summed E-state index contributed by atoms with van der Waals surface area (Å²) in [5, 5.41) is 0. The number of ether oxygens (including phenoxy) is 12. The van der Waals surface area contributed by atoms with Gasteiger partial charge in [0.15, 0.2) is 17.6 Å². The molecule has 18 heteroatoms. The van der Waals surface area contributed by atoms with E-state index in [4.69, 9.17) is 56.8 Å². The molecular formula is C50H62O18. The summed E-state index contributed by atoms with van der Waals surface area (Å²) < 4.78 is 67.6. The van der Waals surface area contributed by atoms with Gasteiger partial charge in [0.1, 0.15) is 51.4 Å². The van der Waals surface area contributed by atoms with Crippen molar-refractivity contribution in [3.05, 3.63) is 83.4 Å². The molecule has 0 bridgehead atoms. The lowest BCUT2D eigenvalue weighted by atomic mass is 9.93. The summed E-state index contributed by atoms with van der Waals surface area (Å²) in [6, 6.07) is 11.9. The fraction of sp³-hybridized carbons (Fsp3) is 0.480. The van der Waals surface area contributed by atoms with Gasteiger partial charge in [-0.3, -0.25) is 0 Å². The lowest BCUT2D eigenvalue weighted by Gasteiger charge is -2.34. The number of allylic oxidation sites excluding steroid dienone is 1. The van der Waals surface area contributed by atoms with Crippen molar-refractivity contribution in [3.63, 3.8) is 0 Å². The first-order valence-electron chi connectivity index (χ1n) is 21.6. The van der Waals surface area contributed by atoms with Gasteiger partial charge in [-0.1, -0.05) is 24.3 Å². The minimum Gasteiger partial charge on any atom is -0.482 e. The van der Waals surface area contributed by atoms with Crippen molar-refractivity contribution < 1.29 is 85.6 Å². The van der Waals surface area contributed by atoms with Crippen LogP contribution in [0.1, 0.15) is 137 Å². The second kappa shape index (κ2) is 20.9. The van der Waals surface area contributed by atoms with Gasteiger partial charge in [0.2, 0.25) is 5.75 Å². The van der Waals surface area contributed by atoms with Crippen molar-refractivity contribution in [2.75, 3.05) is 0 Å². The van der Waals surface area contributed by atoms with E-state index in [2.05, 4.69) is 6.58 Å². The fourth-order valence-electron chi connectivity index (χ4n) is 5.99. The molecule has 2 atom stereocenters. The Morgan fingerprint density at radius 1 is 0.559 bits per heavy atom. The number of hydrogen-bond donors (Lipinski definition) is 0. The third-order valence-electron chi connectivity index (χ3n) is 8.27. The molecule has 1 aliphatic rings. The number of para-hydroxylation sites is 1. The molecule has 0 N–H and O–H groups in total. The second-order valence-electron chi connectivity index (χ2n) is 20.4. The molecule has 0 aromatic heterocycles. The Balaban J connectivity index is 1.92. The smallest absolute Gasteiger partial charge is 0.482 e. The van der Waals surface area contributed by atoms with Crippen molar-refractivity contribution in [3.8, 4) is 34.5 Å². The van der Waals surface area contributed by atoms with Gasteiger partial charge in [-0.2, -0.15) is 0 Å². The predicted molar refractivity (Wildman–Crippen MR) is 244 cm³/mol. The van der Waals surface area contributed by atoms with Gasteiger partial charge >= 0.3 is 36.7 Å². The molecule has 0 saturated heterocycles. The molecule has 0 fully saturated rings. The molecule has 3 aromatic carbocycles. The van der Waals surface area contributed by atoms with Crippen LogP contribution in [0.3, 0.4) is 0 Å². The minimum atomic E-state index is -1.29. The zero-order chi connectivity index (χ0) is 51.2. The normalized spacial score (nSPS) is 14.9. The van der Waals surface area contributed by atoms with E-state index in [-0.39, 0.29) is 41.0 Å². The van der Waals surface area contributed by atoms with Crippen molar-refractivity contribution in [2.45, 2.75) is 157 Å². The first-order chi connectivity index (χ1) is 31.2. The molecule has 0 aliphatic carbocycles. The van der Waals surface area contributed by atoms with Crippen LogP contribution in [-0.4, -0.2) is 70.9 Å². The van der Waals surface area contributed by atoms with Crippen LogP contribution < -0.4 is 28.4 Å². The van der Waals surface area contributed by atoms with E-state index in [0.717, 1.165) is 12.1 Å². The van der Waals surface area contributed by atoms with Crippen molar-refractivity contribution in [2.24, 2.45) is 0 Å². The summed E-state index contributed by atoms with van der Waals surface area (Å²) in [5.41, 5.74) is -4.44. The maximum atomic E-state index is 14.5. The van der Waals surface area contributed by atoms with E-state index in [0.29, 0.717) is 11.3 Å². The van der Waals surface area contributed by atoms with Gasteiger partial charge in [0.25, 0.3) is 0 Å². The highest BCUT2D eigenvalue weighted by molar-refractivity contribution is 5.92. The molecule has 0 radical (unpaired) electrons. The summed E-state index contributed by atoms with van der Waals surface area (Å²) in [7, 11) is 0. The van der Waals surface area contributed by atoms with Crippen LogP contribution in [0.25, 0.3) is 0 Å². The Morgan fingerprint density at radius 3 is 1.34 bits per heavy atom. The molecule has 1 aliphatic heterocycles. The predicted octanol–water partition coefficient (Wildman–Crippen LogP) is 11.9. The standard InChI is InChI=1S/C50H62O18/c1-17-20-31-33(59-41(52)64-46(2,3)4)24-29(25-34(31)60-42(53)65-47(5,6)7)38-35(23-28-21-18-19-22-32(28)57-38)58-40(51)30-26-36(61-43(54)66-48(8,9)10)39(63-45(56)68-50(14,15)16)37(27-30)62-44(55)67-49(11,12)13/h17-19,21-22,24-27,35,38H,1,20,23H2,2-16H3/t35-,38-/m1/s1. The van der Waals surface area contributed by atoms with Crippen molar-refractivity contribution in [1.29, 1.82) is 0 Å². The first-order valence-corrected chi connectivity index (χ1v) is 21.6. The monoisotopic (exact) mass is 950 g/mol. The Labute approximate surface area is 396 Å². The molecule has 1 heterocycles. The molecule has 370 valence electrons. The van der Waals surface area contributed by atoms with Gasteiger partial charge in [0, 0.05) is 17.5 Å². The summed E-state index contributed by atoms with van der Waals surface area (Å²) in [6.45, 7) is 27.9.